The fourth-order valence-corrected chi connectivity index (χ4v) is 9.21. The first-order chi connectivity index (χ1) is 21.0. The van der Waals surface area contributed by atoms with Gasteiger partial charge in [-0.05, 0) is 87.7 Å². The van der Waals surface area contributed by atoms with Crippen LogP contribution < -0.4 is 5.73 Å². The van der Waals surface area contributed by atoms with E-state index < -0.39 is 98.7 Å². The number of phenols is 1. The molecule has 0 aromatic heterocycles. The Kier molecular flexibility index (Phi) is 7.41. The lowest BCUT2D eigenvalue weighted by Gasteiger charge is -2.50. The Bertz CT molecular complexity index is 1570. The van der Waals surface area contributed by atoms with Gasteiger partial charge >= 0.3 is 6.18 Å². The summed E-state index contributed by atoms with van der Waals surface area (Å²) < 4.78 is 44.8. The third kappa shape index (κ3) is 4.52. The summed E-state index contributed by atoms with van der Waals surface area (Å²) in [6, 6.07) is -0.139. The summed E-state index contributed by atoms with van der Waals surface area (Å²) in [4.78, 5) is 42.9. The maximum Gasteiger partial charge on any atom is 0.417 e. The highest BCUT2D eigenvalue weighted by Gasteiger charge is 2.63. The zero-order valence-corrected chi connectivity index (χ0v) is 25.3. The number of nitrogens with zero attached hydrogens (tertiary/aromatic N) is 2. The number of nitrogens with two attached hydrogens (primary N) is 1. The fraction of sp³-hybridized carbons (Fsp3) is 0.594. The van der Waals surface area contributed by atoms with E-state index in [9.17, 15) is 48.0 Å². The molecule has 5 aliphatic carbocycles. The smallest absolute Gasteiger partial charge is 0.417 e. The summed E-state index contributed by atoms with van der Waals surface area (Å²) in [6.45, 7) is 2.33. The third-order valence-corrected chi connectivity index (χ3v) is 11.0. The summed E-state index contributed by atoms with van der Waals surface area (Å²) >= 11 is 0. The Balaban J connectivity index is 1.48. The van der Waals surface area contributed by atoms with Crippen molar-refractivity contribution < 1.29 is 48.0 Å². The van der Waals surface area contributed by atoms with Gasteiger partial charge in [0.05, 0.1) is 17.2 Å². The Morgan fingerprint density at radius 1 is 1.11 bits per heavy atom. The van der Waals surface area contributed by atoms with E-state index in [1.165, 1.54) is 19.0 Å². The van der Waals surface area contributed by atoms with Crippen LogP contribution in [0.3, 0.4) is 0 Å². The van der Waals surface area contributed by atoms with Crippen LogP contribution in [0.15, 0.2) is 28.7 Å². The first kappa shape index (κ1) is 31.6. The number of rotatable bonds is 6. The van der Waals surface area contributed by atoms with E-state index in [-0.39, 0.29) is 24.6 Å². The zero-order valence-electron chi connectivity index (χ0n) is 25.3. The normalized spacial score (nSPS) is 32.8. The van der Waals surface area contributed by atoms with Crippen molar-refractivity contribution in [3.63, 3.8) is 0 Å². The SMILES string of the molecule is CCN(Cc1cc(O)c2c(c1C(F)(F)F)C[C@H]1C[C@H]3[C@H](N(C)C)C(O)=C(C(N)=O)C(=O)[C@@]3(O)C(O)=C1C2=O)[C@@H]1CC2CCC1C2. The lowest BCUT2D eigenvalue weighted by molar-refractivity contribution is -0.148. The van der Waals surface area contributed by atoms with E-state index in [0.717, 1.165) is 31.7 Å². The molecule has 0 radical (unpaired) electrons. The van der Waals surface area contributed by atoms with Crippen molar-refractivity contribution in [3.8, 4) is 5.75 Å². The number of benzene rings is 1. The van der Waals surface area contributed by atoms with Gasteiger partial charge in [0.2, 0.25) is 5.78 Å². The van der Waals surface area contributed by atoms with Crippen molar-refractivity contribution >= 4 is 17.5 Å². The van der Waals surface area contributed by atoms with Gasteiger partial charge < -0.3 is 26.2 Å². The quantitative estimate of drug-likeness (QED) is 0.296. The molecular formula is C32H38F3N3O7. The predicted octanol–water partition coefficient (Wildman–Crippen LogP) is 3.15. The van der Waals surface area contributed by atoms with Gasteiger partial charge in [0.1, 0.15) is 22.8 Å². The van der Waals surface area contributed by atoms with E-state index in [4.69, 9.17) is 5.73 Å². The van der Waals surface area contributed by atoms with E-state index in [0.29, 0.717) is 18.4 Å². The molecule has 5 aliphatic rings. The Hall–Kier alpha value is -3.42. The highest BCUT2D eigenvalue weighted by molar-refractivity contribution is 6.24. The first-order valence-electron chi connectivity index (χ1n) is 15.4. The van der Waals surface area contributed by atoms with Crippen molar-refractivity contribution in [1.29, 1.82) is 0 Å². The number of alkyl halides is 3. The number of carbonyl (C=O) groups excluding carboxylic acids is 3. The number of primary amides is 1. The van der Waals surface area contributed by atoms with Gasteiger partial charge in [-0.1, -0.05) is 13.3 Å². The van der Waals surface area contributed by atoms with Gasteiger partial charge in [-0.2, -0.15) is 13.2 Å². The number of aliphatic hydroxyl groups is 3. The van der Waals surface area contributed by atoms with Crippen LogP contribution in [-0.4, -0.2) is 86.0 Å². The number of amides is 1. The van der Waals surface area contributed by atoms with E-state index in [2.05, 4.69) is 0 Å². The number of aromatic hydroxyl groups is 1. The molecule has 2 saturated carbocycles. The van der Waals surface area contributed by atoms with Crippen LogP contribution in [0.2, 0.25) is 0 Å². The van der Waals surface area contributed by atoms with Crippen molar-refractivity contribution in [2.75, 3.05) is 20.6 Å². The number of allylic oxidation sites excluding steroid dienone is 1. The number of Topliss-reactive ketones (excluding diaryl/α,β-unsaturated/α-hetero) is 2. The first-order valence-corrected chi connectivity index (χ1v) is 15.4. The Morgan fingerprint density at radius 3 is 2.33 bits per heavy atom. The topological polar surface area (TPSA) is 165 Å². The molecule has 0 saturated heterocycles. The summed E-state index contributed by atoms with van der Waals surface area (Å²) in [5.41, 5.74) is -1.18. The van der Waals surface area contributed by atoms with Crippen molar-refractivity contribution in [1.82, 2.24) is 9.80 Å². The van der Waals surface area contributed by atoms with E-state index >= 15 is 0 Å². The number of fused-ring (bicyclic) bond motifs is 5. The summed E-state index contributed by atoms with van der Waals surface area (Å²) in [6.07, 6.45) is -1.45. The molecular weight excluding hydrogens is 595 g/mol. The molecule has 10 nitrogen and oxygen atoms in total. The van der Waals surface area contributed by atoms with E-state index in [1.807, 2.05) is 11.8 Å². The van der Waals surface area contributed by atoms with Crippen LogP contribution in [0.4, 0.5) is 13.2 Å². The maximum absolute atomic E-state index is 14.9. The van der Waals surface area contributed by atoms with Crippen LogP contribution in [0.25, 0.3) is 0 Å². The van der Waals surface area contributed by atoms with Crippen LogP contribution in [0, 0.1) is 23.7 Å². The second-order valence-corrected chi connectivity index (χ2v) is 13.5. The summed E-state index contributed by atoms with van der Waals surface area (Å²) in [7, 11) is 2.96. The van der Waals surface area contributed by atoms with Gasteiger partial charge in [0.15, 0.2) is 11.4 Å². The van der Waals surface area contributed by atoms with Gasteiger partial charge in [-0.25, -0.2) is 0 Å². The largest absolute Gasteiger partial charge is 0.510 e. The fourth-order valence-electron chi connectivity index (χ4n) is 9.21. The van der Waals surface area contributed by atoms with Crippen LogP contribution in [0.1, 0.15) is 66.1 Å². The predicted molar refractivity (Wildman–Crippen MR) is 154 cm³/mol. The molecule has 0 heterocycles. The summed E-state index contributed by atoms with van der Waals surface area (Å²) in [5.74, 6) is -7.91. The standard InChI is InChI=1S/C32H38F3N3O7/c1-4-38(19-8-13-5-6-14(19)7-13)12-16-11-20(39)22-17(24(16)32(33,34)35)9-15-10-18-25(37(2)3)27(41)23(30(36)44)29(43)31(18,45)28(42)21(15)26(22)40/h11,13-15,18-19,25,39,41-42,45H,4-10,12H2,1-3H3,(H2,36,44)/t13?,14?,15-,18-,19+,25-,31-/m0/s1. The zero-order chi connectivity index (χ0) is 32.9. The number of halogens is 3. The molecule has 1 aromatic rings. The number of aliphatic hydroxyl groups excluding tert-OH is 2. The minimum Gasteiger partial charge on any atom is -0.510 e. The highest BCUT2D eigenvalue weighted by Crippen LogP contribution is 2.54. The molecule has 0 aliphatic heterocycles. The van der Waals surface area contributed by atoms with Crippen LogP contribution in [0.5, 0.6) is 5.75 Å². The minimum absolute atomic E-state index is 0.0684. The van der Waals surface area contributed by atoms with Gasteiger partial charge in [0.25, 0.3) is 5.91 Å². The number of likely N-dealkylation sites (N-methyl/N-ethyl adjacent to an activating group) is 1. The second kappa shape index (κ2) is 10.6. The molecule has 1 amide bonds. The lowest BCUT2D eigenvalue weighted by Crippen LogP contribution is -2.63. The number of hydrogen-bond donors (Lipinski definition) is 5. The number of carbonyl (C=O) groups is 3. The molecule has 244 valence electrons. The third-order valence-electron chi connectivity index (χ3n) is 11.0. The molecule has 13 heteroatoms. The summed E-state index contributed by atoms with van der Waals surface area (Å²) in [5, 5.41) is 45.1. The van der Waals surface area contributed by atoms with Crippen LogP contribution >= 0.6 is 0 Å². The molecule has 7 atom stereocenters. The molecule has 6 rings (SSSR count). The molecule has 2 unspecified atom stereocenters. The van der Waals surface area contributed by atoms with E-state index in [1.54, 1.807) is 0 Å². The van der Waals surface area contributed by atoms with Gasteiger partial charge in [-0.15, -0.1) is 0 Å². The average molecular weight is 634 g/mol. The maximum atomic E-state index is 14.9. The van der Waals surface area contributed by atoms with Crippen molar-refractivity contribution in [3.05, 3.63) is 51.0 Å². The molecule has 0 spiro atoms. The Morgan fingerprint density at radius 2 is 1.80 bits per heavy atom. The average Bonchev–Trinajstić information content (AvgIpc) is 3.56. The molecule has 2 fully saturated rings. The number of phenolic OH excluding ortho intramolecular Hbond substituents is 1. The minimum atomic E-state index is -4.88. The molecule has 6 N–H and O–H groups in total. The molecule has 1 aromatic carbocycles. The van der Waals surface area contributed by atoms with Gasteiger partial charge in [-0.3, -0.25) is 24.2 Å². The monoisotopic (exact) mass is 633 g/mol. The van der Waals surface area contributed by atoms with Crippen molar-refractivity contribution in [2.45, 2.75) is 75.9 Å². The lowest BCUT2D eigenvalue weighted by atomic mass is 9.58. The Labute approximate surface area is 258 Å². The van der Waals surface area contributed by atoms with Crippen molar-refractivity contribution in [2.24, 2.45) is 29.4 Å². The second-order valence-electron chi connectivity index (χ2n) is 13.5. The molecule has 45 heavy (non-hydrogen) atoms. The number of hydrogen-bond acceptors (Lipinski definition) is 9. The molecule has 2 bridgehead atoms. The highest BCUT2D eigenvalue weighted by atomic mass is 19.4. The van der Waals surface area contributed by atoms with Gasteiger partial charge in [0, 0.05) is 24.1 Å². The number of ketones is 2. The van der Waals surface area contributed by atoms with Crippen LogP contribution in [-0.2, 0) is 28.7 Å².